The highest BCUT2D eigenvalue weighted by molar-refractivity contribution is 7.89. The number of nitrogens with zero attached hydrogens (tertiary/aromatic N) is 2. The van der Waals surface area contributed by atoms with Crippen LogP contribution in [0.2, 0.25) is 0 Å². The van der Waals surface area contributed by atoms with E-state index in [9.17, 15) is 8.42 Å². The standard InChI is InChI=1S/C22H24N2O2S/c1-16-8-9-17(2)22(14-16)27(25,26)24-12-10-18(11-13-24)20-15-23(3)21-7-5-4-6-19(20)21/h4-10,14-15H,11-13H2,1-3H3. The van der Waals surface area contributed by atoms with E-state index in [1.807, 2.05) is 45.2 Å². The zero-order valence-electron chi connectivity index (χ0n) is 15.9. The number of sulfonamides is 1. The van der Waals surface area contributed by atoms with Gasteiger partial charge in [0, 0.05) is 42.8 Å². The smallest absolute Gasteiger partial charge is 0.243 e. The Hall–Kier alpha value is -2.37. The van der Waals surface area contributed by atoms with Gasteiger partial charge in [-0.1, -0.05) is 36.4 Å². The molecule has 0 amide bonds. The van der Waals surface area contributed by atoms with E-state index in [0.29, 0.717) is 18.0 Å². The molecular formula is C22H24N2O2S. The predicted octanol–water partition coefficient (Wildman–Crippen LogP) is 4.27. The van der Waals surface area contributed by atoms with E-state index < -0.39 is 10.0 Å². The van der Waals surface area contributed by atoms with Crippen molar-refractivity contribution in [1.82, 2.24) is 8.87 Å². The zero-order valence-corrected chi connectivity index (χ0v) is 16.8. The van der Waals surface area contributed by atoms with Crippen LogP contribution in [0.4, 0.5) is 0 Å². The molecule has 2 heterocycles. The number of hydrogen-bond acceptors (Lipinski definition) is 2. The maximum absolute atomic E-state index is 13.1. The van der Waals surface area contributed by atoms with Crippen molar-refractivity contribution in [1.29, 1.82) is 0 Å². The second-order valence-electron chi connectivity index (χ2n) is 7.28. The van der Waals surface area contributed by atoms with Crippen molar-refractivity contribution < 1.29 is 8.42 Å². The topological polar surface area (TPSA) is 42.3 Å². The third-order valence-corrected chi connectivity index (χ3v) is 7.38. The van der Waals surface area contributed by atoms with Gasteiger partial charge in [0.25, 0.3) is 0 Å². The second-order valence-corrected chi connectivity index (χ2v) is 9.19. The predicted molar refractivity (Wildman–Crippen MR) is 110 cm³/mol. The summed E-state index contributed by atoms with van der Waals surface area (Å²) in [6.45, 7) is 4.69. The molecule has 0 spiro atoms. The van der Waals surface area contributed by atoms with Gasteiger partial charge >= 0.3 is 0 Å². The van der Waals surface area contributed by atoms with Gasteiger partial charge in [-0.3, -0.25) is 0 Å². The summed E-state index contributed by atoms with van der Waals surface area (Å²) in [6, 6.07) is 13.9. The van der Waals surface area contributed by atoms with Crippen LogP contribution in [0.25, 0.3) is 16.5 Å². The van der Waals surface area contributed by atoms with Crippen molar-refractivity contribution in [2.24, 2.45) is 7.05 Å². The Morgan fingerprint density at radius 2 is 1.81 bits per heavy atom. The maximum atomic E-state index is 13.1. The largest absolute Gasteiger partial charge is 0.350 e. The van der Waals surface area contributed by atoms with Crippen LogP contribution in [0, 0.1) is 13.8 Å². The molecule has 4 nitrogen and oxygen atoms in total. The highest BCUT2D eigenvalue weighted by Gasteiger charge is 2.28. The van der Waals surface area contributed by atoms with E-state index >= 15 is 0 Å². The molecule has 0 atom stereocenters. The van der Waals surface area contributed by atoms with Crippen molar-refractivity contribution in [2.45, 2.75) is 25.2 Å². The van der Waals surface area contributed by atoms with Gasteiger partial charge < -0.3 is 4.57 Å². The van der Waals surface area contributed by atoms with Gasteiger partial charge in [-0.15, -0.1) is 0 Å². The van der Waals surface area contributed by atoms with Gasteiger partial charge in [0.15, 0.2) is 0 Å². The average Bonchev–Trinajstić information content (AvgIpc) is 3.01. The SMILES string of the molecule is Cc1ccc(C)c(S(=O)(=O)N2CC=C(c3cn(C)c4ccccc34)CC2)c1. The fourth-order valence-corrected chi connectivity index (χ4v) is 5.53. The van der Waals surface area contributed by atoms with Gasteiger partial charge in [0.1, 0.15) is 0 Å². The summed E-state index contributed by atoms with van der Waals surface area (Å²) < 4.78 is 29.9. The molecule has 5 heteroatoms. The van der Waals surface area contributed by atoms with E-state index in [1.165, 1.54) is 22.0 Å². The van der Waals surface area contributed by atoms with Crippen molar-refractivity contribution in [3.63, 3.8) is 0 Å². The average molecular weight is 381 g/mol. The van der Waals surface area contributed by atoms with Crippen LogP contribution in [-0.4, -0.2) is 30.4 Å². The van der Waals surface area contributed by atoms with Crippen molar-refractivity contribution in [3.05, 3.63) is 71.4 Å². The van der Waals surface area contributed by atoms with Crippen LogP contribution in [0.3, 0.4) is 0 Å². The fraction of sp³-hybridized carbons (Fsp3) is 0.273. The monoisotopic (exact) mass is 380 g/mol. The summed E-state index contributed by atoms with van der Waals surface area (Å²) in [4.78, 5) is 0.421. The zero-order chi connectivity index (χ0) is 19.2. The molecule has 0 aliphatic carbocycles. The molecule has 27 heavy (non-hydrogen) atoms. The lowest BCUT2D eigenvalue weighted by molar-refractivity contribution is 0.441. The van der Waals surface area contributed by atoms with Crippen LogP contribution < -0.4 is 0 Å². The molecule has 0 fully saturated rings. The van der Waals surface area contributed by atoms with E-state index in [1.54, 1.807) is 10.4 Å². The minimum atomic E-state index is -3.47. The number of aryl methyl sites for hydroxylation is 3. The first-order chi connectivity index (χ1) is 12.9. The highest BCUT2D eigenvalue weighted by Crippen LogP contribution is 2.32. The van der Waals surface area contributed by atoms with Crippen LogP contribution in [0.1, 0.15) is 23.1 Å². The molecule has 1 aliphatic heterocycles. The molecular weight excluding hydrogens is 356 g/mol. The molecule has 3 aromatic rings. The molecule has 2 aromatic carbocycles. The molecule has 140 valence electrons. The second kappa shape index (κ2) is 6.66. The molecule has 0 saturated carbocycles. The molecule has 0 unspecified atom stereocenters. The highest BCUT2D eigenvalue weighted by atomic mass is 32.2. The number of rotatable bonds is 3. The Morgan fingerprint density at radius 3 is 2.56 bits per heavy atom. The lowest BCUT2D eigenvalue weighted by atomic mass is 10.00. The van der Waals surface area contributed by atoms with Crippen LogP contribution in [-0.2, 0) is 17.1 Å². The summed E-state index contributed by atoms with van der Waals surface area (Å²) in [5, 5.41) is 1.22. The first-order valence-electron chi connectivity index (χ1n) is 9.19. The first kappa shape index (κ1) is 18.0. The lowest BCUT2D eigenvalue weighted by Crippen LogP contribution is -2.35. The van der Waals surface area contributed by atoms with Gasteiger partial charge in [-0.25, -0.2) is 8.42 Å². The summed E-state index contributed by atoms with van der Waals surface area (Å²) in [5.74, 6) is 0. The third kappa shape index (κ3) is 3.11. The van der Waals surface area contributed by atoms with Crippen LogP contribution >= 0.6 is 0 Å². The maximum Gasteiger partial charge on any atom is 0.243 e. The number of aromatic nitrogens is 1. The van der Waals surface area contributed by atoms with Crippen molar-refractivity contribution in [2.75, 3.05) is 13.1 Å². The summed E-state index contributed by atoms with van der Waals surface area (Å²) >= 11 is 0. The Morgan fingerprint density at radius 1 is 1.04 bits per heavy atom. The van der Waals surface area contributed by atoms with Gasteiger partial charge in [-0.05, 0) is 49.1 Å². The molecule has 1 aliphatic rings. The Kier molecular flexibility index (Phi) is 4.44. The van der Waals surface area contributed by atoms with Crippen LogP contribution in [0.5, 0.6) is 0 Å². The molecule has 0 N–H and O–H groups in total. The van der Waals surface area contributed by atoms with E-state index in [2.05, 4.69) is 29.0 Å². The minimum Gasteiger partial charge on any atom is -0.350 e. The van der Waals surface area contributed by atoms with Crippen molar-refractivity contribution in [3.8, 4) is 0 Å². The van der Waals surface area contributed by atoms with E-state index in [0.717, 1.165) is 17.5 Å². The summed E-state index contributed by atoms with van der Waals surface area (Å²) in [6.07, 6.45) is 4.93. The van der Waals surface area contributed by atoms with Gasteiger partial charge in [-0.2, -0.15) is 4.31 Å². The lowest BCUT2D eigenvalue weighted by Gasteiger charge is -2.26. The molecule has 0 saturated heterocycles. The normalized spacial score (nSPS) is 15.9. The number of para-hydroxylation sites is 1. The minimum absolute atomic E-state index is 0.411. The summed E-state index contributed by atoms with van der Waals surface area (Å²) in [7, 11) is -1.43. The van der Waals surface area contributed by atoms with Gasteiger partial charge in [0.2, 0.25) is 10.0 Å². The van der Waals surface area contributed by atoms with Gasteiger partial charge in [0.05, 0.1) is 4.90 Å². The Balaban J connectivity index is 1.66. The first-order valence-corrected chi connectivity index (χ1v) is 10.6. The molecule has 1 aromatic heterocycles. The van der Waals surface area contributed by atoms with E-state index in [-0.39, 0.29) is 0 Å². The van der Waals surface area contributed by atoms with Crippen molar-refractivity contribution >= 4 is 26.5 Å². The Bertz CT molecular complexity index is 1160. The number of benzene rings is 2. The molecule has 0 radical (unpaired) electrons. The quantitative estimate of drug-likeness (QED) is 0.681. The molecule has 4 rings (SSSR count). The fourth-order valence-electron chi connectivity index (χ4n) is 3.84. The van der Waals surface area contributed by atoms with E-state index in [4.69, 9.17) is 0 Å². The van der Waals surface area contributed by atoms with Crippen LogP contribution in [0.15, 0.2) is 59.6 Å². The summed E-state index contributed by atoms with van der Waals surface area (Å²) in [5.41, 5.74) is 5.38. The third-order valence-electron chi connectivity index (χ3n) is 5.38. The number of hydrogen-bond donors (Lipinski definition) is 0. The molecule has 0 bridgehead atoms. The number of fused-ring (bicyclic) bond motifs is 1. The Labute approximate surface area is 160 Å².